The molecule has 3 aliphatic rings. The van der Waals surface area contributed by atoms with Gasteiger partial charge in [-0.1, -0.05) is 179 Å². The Hall–Kier alpha value is -6.26. The molecule has 0 saturated carbocycles. The predicted molar refractivity (Wildman–Crippen MR) is 220 cm³/mol. The Balaban J connectivity index is 1.04. The first-order valence-electron chi connectivity index (χ1n) is 18.9. The topological polar surface area (TPSA) is 51.6 Å². The van der Waals surface area contributed by atoms with Crippen molar-refractivity contribution >= 4 is 5.57 Å². The molecule has 7 aromatic rings. The smallest absolute Gasteiger partial charge is 0.160 e. The van der Waals surface area contributed by atoms with Crippen LogP contribution in [0.3, 0.4) is 0 Å². The summed E-state index contributed by atoms with van der Waals surface area (Å²) in [4.78, 5) is 21.2. The van der Waals surface area contributed by atoms with E-state index in [-0.39, 0.29) is 16.7 Å². The van der Waals surface area contributed by atoms with Gasteiger partial charge in [0.2, 0.25) is 0 Å². The molecule has 54 heavy (non-hydrogen) atoms. The van der Waals surface area contributed by atoms with Gasteiger partial charge < -0.3 is 0 Å². The van der Waals surface area contributed by atoms with E-state index in [0.29, 0.717) is 0 Å². The summed E-state index contributed by atoms with van der Waals surface area (Å²) in [6.07, 6.45) is 7.65. The lowest BCUT2D eigenvalue weighted by Gasteiger charge is -2.28. The predicted octanol–water partition coefficient (Wildman–Crippen LogP) is 12.0. The lowest BCUT2D eigenvalue weighted by molar-refractivity contribution is 0.633. The molecule has 0 radical (unpaired) electrons. The maximum Gasteiger partial charge on any atom is 0.160 e. The molecule has 2 aromatic heterocycles. The van der Waals surface area contributed by atoms with Crippen molar-refractivity contribution in [2.45, 2.75) is 50.9 Å². The summed E-state index contributed by atoms with van der Waals surface area (Å²) in [6.45, 7) is 9.24. The summed E-state index contributed by atoms with van der Waals surface area (Å²) >= 11 is 0. The molecule has 260 valence electrons. The third kappa shape index (κ3) is 4.97. The first-order chi connectivity index (χ1) is 26.3. The number of fused-ring (bicyclic) bond motifs is 6. The lowest BCUT2D eigenvalue weighted by Crippen LogP contribution is -2.20. The van der Waals surface area contributed by atoms with Crippen molar-refractivity contribution in [1.29, 1.82) is 0 Å². The highest BCUT2D eigenvalue weighted by molar-refractivity contribution is 5.87. The van der Waals surface area contributed by atoms with E-state index in [0.717, 1.165) is 57.5 Å². The van der Waals surface area contributed by atoms with Crippen LogP contribution in [0.15, 0.2) is 152 Å². The second-order valence-corrected chi connectivity index (χ2v) is 15.8. The third-order valence-electron chi connectivity index (χ3n) is 11.8. The average Bonchev–Trinajstić information content (AvgIpc) is 3.60. The van der Waals surface area contributed by atoms with Gasteiger partial charge in [0.05, 0.1) is 22.8 Å². The fraction of sp³-hybridized carbons (Fsp3) is 0.160. The van der Waals surface area contributed by atoms with E-state index in [1.165, 1.54) is 44.5 Å². The number of allylic oxidation sites excluding steroid dienone is 4. The van der Waals surface area contributed by atoms with E-state index in [1.54, 1.807) is 0 Å². The Morgan fingerprint density at radius 1 is 0.463 bits per heavy atom. The maximum atomic E-state index is 5.39. The number of hydrogen-bond donors (Lipinski definition) is 0. The molecular weight excluding hydrogens is 657 g/mol. The van der Waals surface area contributed by atoms with Crippen LogP contribution in [0.25, 0.3) is 62.1 Å². The molecule has 0 N–H and O–H groups in total. The quantitative estimate of drug-likeness (QED) is 0.180. The molecule has 0 spiro atoms. The Morgan fingerprint density at radius 2 is 0.944 bits per heavy atom. The van der Waals surface area contributed by atoms with E-state index in [9.17, 15) is 0 Å². The summed E-state index contributed by atoms with van der Waals surface area (Å²) in [5, 5.41) is 0. The van der Waals surface area contributed by atoms with E-state index in [2.05, 4.69) is 167 Å². The Kier molecular flexibility index (Phi) is 7.28. The third-order valence-corrected chi connectivity index (χ3v) is 11.8. The van der Waals surface area contributed by atoms with E-state index >= 15 is 0 Å². The van der Waals surface area contributed by atoms with E-state index in [4.69, 9.17) is 19.9 Å². The summed E-state index contributed by atoms with van der Waals surface area (Å²) in [5.74, 6) is 1.64. The minimum absolute atomic E-state index is 0.107. The second-order valence-electron chi connectivity index (χ2n) is 15.8. The fourth-order valence-corrected chi connectivity index (χ4v) is 9.11. The maximum absolute atomic E-state index is 5.39. The van der Waals surface area contributed by atoms with Gasteiger partial charge in [0.15, 0.2) is 11.6 Å². The molecule has 0 fully saturated rings. The average molecular weight is 697 g/mol. The molecule has 0 amide bonds. The van der Waals surface area contributed by atoms with Gasteiger partial charge in [-0.2, -0.15) is 0 Å². The number of aromatic nitrogens is 4. The Labute approximate surface area is 317 Å². The van der Waals surface area contributed by atoms with Gasteiger partial charge >= 0.3 is 0 Å². The van der Waals surface area contributed by atoms with Crippen molar-refractivity contribution < 1.29 is 0 Å². The van der Waals surface area contributed by atoms with Crippen molar-refractivity contribution in [3.8, 4) is 56.5 Å². The van der Waals surface area contributed by atoms with Crippen molar-refractivity contribution in [1.82, 2.24) is 19.9 Å². The van der Waals surface area contributed by atoms with E-state index < -0.39 is 0 Å². The highest BCUT2D eigenvalue weighted by Gasteiger charge is 2.42. The Bertz CT molecular complexity index is 2670. The van der Waals surface area contributed by atoms with Gasteiger partial charge in [-0.3, -0.25) is 0 Å². The van der Waals surface area contributed by atoms with Gasteiger partial charge in [0.1, 0.15) is 0 Å². The molecule has 4 heteroatoms. The summed E-state index contributed by atoms with van der Waals surface area (Å²) < 4.78 is 0. The molecule has 0 aliphatic heterocycles. The minimum atomic E-state index is -0.233. The number of rotatable bonds is 5. The molecule has 1 unspecified atom stereocenters. The van der Waals surface area contributed by atoms with Crippen molar-refractivity contribution in [3.05, 3.63) is 185 Å². The van der Waals surface area contributed by atoms with Crippen LogP contribution in [0.1, 0.15) is 73.5 Å². The number of benzene rings is 5. The molecule has 3 aliphatic carbocycles. The molecule has 2 heterocycles. The highest BCUT2D eigenvalue weighted by Crippen LogP contribution is 2.53. The summed E-state index contributed by atoms with van der Waals surface area (Å²) in [6, 6.07) is 47.1. The zero-order valence-corrected chi connectivity index (χ0v) is 31.0. The minimum Gasteiger partial charge on any atom is -0.232 e. The van der Waals surface area contributed by atoms with Crippen LogP contribution in [0.2, 0.25) is 0 Å². The van der Waals surface area contributed by atoms with Gasteiger partial charge in [-0.05, 0) is 28.7 Å². The van der Waals surface area contributed by atoms with Crippen LogP contribution in [-0.2, 0) is 10.8 Å². The number of hydrogen-bond acceptors (Lipinski definition) is 4. The van der Waals surface area contributed by atoms with Gasteiger partial charge in [-0.15, -0.1) is 0 Å². The van der Waals surface area contributed by atoms with Crippen LogP contribution in [0.4, 0.5) is 0 Å². The van der Waals surface area contributed by atoms with Crippen LogP contribution in [0, 0.1) is 0 Å². The van der Waals surface area contributed by atoms with Crippen molar-refractivity contribution in [2.75, 3.05) is 0 Å². The first kappa shape index (κ1) is 32.4. The normalized spacial score (nSPS) is 17.0. The van der Waals surface area contributed by atoms with Crippen molar-refractivity contribution in [2.24, 2.45) is 0 Å². The van der Waals surface area contributed by atoms with Crippen LogP contribution < -0.4 is 0 Å². The monoisotopic (exact) mass is 696 g/mol. The zero-order valence-electron chi connectivity index (χ0n) is 31.0. The molecular formula is C50H40N4. The largest absolute Gasteiger partial charge is 0.232 e. The van der Waals surface area contributed by atoms with Crippen LogP contribution in [-0.4, -0.2) is 19.9 Å². The summed E-state index contributed by atoms with van der Waals surface area (Å²) in [7, 11) is 0. The van der Waals surface area contributed by atoms with Crippen LogP contribution >= 0.6 is 0 Å². The van der Waals surface area contributed by atoms with Gasteiger partial charge in [-0.25, -0.2) is 19.9 Å². The molecule has 0 saturated heterocycles. The highest BCUT2D eigenvalue weighted by atomic mass is 14.9. The SMILES string of the molecule is CC1(C)c2ccccc2-c2nc(-c3ccccc3)nc(-c3ccc(C4=CC=CC(c5nc(-c6ccccc6)nc6c5C(C)(C)c5ccccc5-6)C4)cc3)c21. The molecule has 10 rings (SSSR count). The fourth-order valence-electron chi connectivity index (χ4n) is 9.11. The first-order valence-corrected chi connectivity index (χ1v) is 18.9. The van der Waals surface area contributed by atoms with E-state index in [1.807, 2.05) is 12.1 Å². The standard InChI is InChI=1S/C50H40N4/c1-49(2)39-24-13-11-22-37(39)45-41(49)43(51-47(53-45)33-16-7-5-8-17-33)32-28-26-31(27-29-32)35-20-15-21-36(30-35)44-42-46(38-23-12-14-25-40(38)50(42,3)4)54-48(52-44)34-18-9-6-10-19-34/h5-29,36H,30H2,1-4H3. The molecule has 5 aromatic carbocycles. The second kappa shape index (κ2) is 12.1. The van der Waals surface area contributed by atoms with Gasteiger partial charge in [0, 0.05) is 55.7 Å². The molecule has 4 nitrogen and oxygen atoms in total. The molecule has 1 atom stereocenters. The molecule has 0 bridgehead atoms. The summed E-state index contributed by atoms with van der Waals surface area (Å²) in [5.41, 5.74) is 16.8. The number of nitrogens with zero attached hydrogens (tertiary/aromatic N) is 4. The Morgan fingerprint density at radius 3 is 1.56 bits per heavy atom. The lowest BCUT2D eigenvalue weighted by atomic mass is 9.77. The van der Waals surface area contributed by atoms with Crippen LogP contribution in [0.5, 0.6) is 0 Å². The van der Waals surface area contributed by atoms with Crippen molar-refractivity contribution in [3.63, 3.8) is 0 Å². The van der Waals surface area contributed by atoms with Gasteiger partial charge in [0.25, 0.3) is 0 Å². The zero-order chi connectivity index (χ0) is 36.6.